The lowest BCUT2D eigenvalue weighted by atomic mass is 10.1. The number of methoxy groups -OCH3 is 1. The van der Waals surface area contributed by atoms with Gasteiger partial charge in [-0.25, -0.2) is 4.98 Å². The second-order valence-corrected chi connectivity index (χ2v) is 5.39. The van der Waals surface area contributed by atoms with Gasteiger partial charge in [-0.3, -0.25) is 5.41 Å². The SMILES string of the molecule is COc1cccc2c(N(CCC(=N)N)C3CC3)nccc12. The summed E-state index contributed by atoms with van der Waals surface area (Å²) in [7, 11) is 1.68. The number of hydrogen-bond donors (Lipinski definition) is 2. The van der Waals surface area contributed by atoms with Gasteiger partial charge in [0.1, 0.15) is 11.6 Å². The van der Waals surface area contributed by atoms with Crippen molar-refractivity contribution in [1.82, 2.24) is 4.98 Å². The van der Waals surface area contributed by atoms with Gasteiger partial charge < -0.3 is 15.4 Å². The standard InChI is InChI=1S/C16H20N4O/c1-21-14-4-2-3-13-12(14)7-9-19-16(13)20(11-5-6-11)10-8-15(17)18/h2-4,7,9,11H,5-6,8,10H2,1H3,(H3,17,18). The number of benzene rings is 1. The molecule has 5 nitrogen and oxygen atoms in total. The van der Waals surface area contributed by atoms with Crippen molar-refractivity contribution in [2.75, 3.05) is 18.6 Å². The van der Waals surface area contributed by atoms with E-state index in [-0.39, 0.29) is 5.84 Å². The summed E-state index contributed by atoms with van der Waals surface area (Å²) in [5, 5.41) is 9.61. The Kier molecular flexibility index (Phi) is 3.64. The van der Waals surface area contributed by atoms with Crippen LogP contribution in [-0.4, -0.2) is 30.5 Å². The van der Waals surface area contributed by atoms with Gasteiger partial charge in [-0.1, -0.05) is 12.1 Å². The number of rotatable bonds is 6. The summed E-state index contributed by atoms with van der Waals surface area (Å²) in [5.74, 6) is 2.05. The Morgan fingerprint density at radius 2 is 2.19 bits per heavy atom. The van der Waals surface area contributed by atoms with E-state index in [1.165, 1.54) is 12.8 Å². The van der Waals surface area contributed by atoms with Crippen molar-refractivity contribution in [2.45, 2.75) is 25.3 Å². The van der Waals surface area contributed by atoms with Gasteiger partial charge in [0.15, 0.2) is 0 Å². The molecular formula is C16H20N4O. The predicted octanol–water partition coefficient (Wildman–Crippen LogP) is 2.54. The van der Waals surface area contributed by atoms with Gasteiger partial charge in [-0.05, 0) is 25.0 Å². The van der Waals surface area contributed by atoms with Crippen molar-refractivity contribution >= 4 is 22.4 Å². The van der Waals surface area contributed by atoms with Crippen LogP contribution in [-0.2, 0) is 0 Å². The van der Waals surface area contributed by atoms with Crippen molar-refractivity contribution in [1.29, 1.82) is 5.41 Å². The van der Waals surface area contributed by atoms with Crippen molar-refractivity contribution in [2.24, 2.45) is 5.73 Å². The van der Waals surface area contributed by atoms with Gasteiger partial charge in [0.05, 0.1) is 12.9 Å². The van der Waals surface area contributed by atoms with Gasteiger partial charge in [0, 0.05) is 36.0 Å². The van der Waals surface area contributed by atoms with Crippen LogP contribution in [0.5, 0.6) is 5.75 Å². The minimum Gasteiger partial charge on any atom is -0.496 e. The van der Waals surface area contributed by atoms with Crippen LogP contribution in [0.1, 0.15) is 19.3 Å². The number of amidine groups is 1. The molecule has 5 heteroatoms. The van der Waals surface area contributed by atoms with Gasteiger partial charge in [-0.15, -0.1) is 0 Å². The highest BCUT2D eigenvalue weighted by molar-refractivity contribution is 5.96. The van der Waals surface area contributed by atoms with Gasteiger partial charge >= 0.3 is 0 Å². The van der Waals surface area contributed by atoms with Gasteiger partial charge in [-0.2, -0.15) is 0 Å². The first-order chi connectivity index (χ1) is 10.2. The fourth-order valence-electron chi connectivity index (χ4n) is 2.66. The molecule has 1 aromatic carbocycles. The Hall–Kier alpha value is -2.30. The highest BCUT2D eigenvalue weighted by atomic mass is 16.5. The summed E-state index contributed by atoms with van der Waals surface area (Å²) < 4.78 is 5.44. The fourth-order valence-corrected chi connectivity index (χ4v) is 2.66. The summed E-state index contributed by atoms with van der Waals surface area (Å²) >= 11 is 0. The number of aromatic nitrogens is 1. The Labute approximate surface area is 124 Å². The highest BCUT2D eigenvalue weighted by Crippen LogP contribution is 2.36. The molecule has 1 heterocycles. The van der Waals surface area contributed by atoms with Crippen LogP contribution >= 0.6 is 0 Å². The van der Waals surface area contributed by atoms with Crippen LogP contribution in [0.15, 0.2) is 30.5 Å². The zero-order chi connectivity index (χ0) is 14.8. The number of nitrogens with zero attached hydrogens (tertiary/aromatic N) is 2. The fraction of sp³-hybridized carbons (Fsp3) is 0.375. The number of ether oxygens (including phenoxy) is 1. The first-order valence-electron chi connectivity index (χ1n) is 7.22. The van der Waals surface area contributed by atoms with E-state index in [9.17, 15) is 0 Å². The average Bonchev–Trinajstić information content (AvgIpc) is 3.31. The molecule has 3 rings (SSSR count). The minimum atomic E-state index is 0.221. The molecule has 0 radical (unpaired) electrons. The third kappa shape index (κ3) is 2.77. The van der Waals surface area contributed by atoms with E-state index in [2.05, 4.69) is 16.0 Å². The van der Waals surface area contributed by atoms with E-state index in [1.807, 2.05) is 24.4 Å². The normalized spacial score (nSPS) is 14.1. The van der Waals surface area contributed by atoms with Crippen LogP contribution in [0.4, 0.5) is 5.82 Å². The molecule has 0 unspecified atom stereocenters. The molecule has 3 N–H and O–H groups in total. The first-order valence-corrected chi connectivity index (χ1v) is 7.22. The van der Waals surface area contributed by atoms with Crippen LogP contribution in [0, 0.1) is 5.41 Å². The number of nitrogens with one attached hydrogen (secondary N) is 1. The summed E-state index contributed by atoms with van der Waals surface area (Å²) in [6, 6.07) is 8.52. The van der Waals surface area contributed by atoms with E-state index in [0.29, 0.717) is 12.5 Å². The molecule has 1 aliphatic rings. The van der Waals surface area contributed by atoms with Crippen LogP contribution in [0.3, 0.4) is 0 Å². The number of fused-ring (bicyclic) bond motifs is 1. The number of hydrogen-bond acceptors (Lipinski definition) is 4. The van der Waals surface area contributed by atoms with E-state index in [0.717, 1.165) is 28.9 Å². The average molecular weight is 284 g/mol. The quantitative estimate of drug-likeness (QED) is 0.631. The largest absolute Gasteiger partial charge is 0.496 e. The van der Waals surface area contributed by atoms with E-state index < -0.39 is 0 Å². The molecule has 1 saturated carbocycles. The maximum absolute atomic E-state index is 7.45. The van der Waals surface area contributed by atoms with E-state index >= 15 is 0 Å². The van der Waals surface area contributed by atoms with Crippen molar-refractivity contribution < 1.29 is 4.74 Å². The summed E-state index contributed by atoms with van der Waals surface area (Å²) in [5.41, 5.74) is 5.51. The number of nitrogens with two attached hydrogens (primary N) is 1. The molecule has 21 heavy (non-hydrogen) atoms. The topological polar surface area (TPSA) is 75.2 Å². The predicted molar refractivity (Wildman–Crippen MR) is 85.2 cm³/mol. The summed E-state index contributed by atoms with van der Waals surface area (Å²) in [6.07, 6.45) is 4.75. The Morgan fingerprint density at radius 1 is 1.38 bits per heavy atom. The monoisotopic (exact) mass is 284 g/mol. The molecule has 0 saturated heterocycles. The number of anilines is 1. The second kappa shape index (κ2) is 5.60. The molecule has 1 aliphatic carbocycles. The zero-order valence-corrected chi connectivity index (χ0v) is 12.2. The Morgan fingerprint density at radius 3 is 2.86 bits per heavy atom. The first kappa shape index (κ1) is 13.7. The van der Waals surface area contributed by atoms with Gasteiger partial charge in [0.2, 0.25) is 0 Å². The summed E-state index contributed by atoms with van der Waals surface area (Å²) in [6.45, 7) is 0.739. The van der Waals surface area contributed by atoms with E-state index in [4.69, 9.17) is 15.9 Å². The molecule has 0 amide bonds. The highest BCUT2D eigenvalue weighted by Gasteiger charge is 2.30. The number of pyridine rings is 1. The van der Waals surface area contributed by atoms with Crippen molar-refractivity contribution in [3.8, 4) is 5.75 Å². The lowest BCUT2D eigenvalue weighted by Crippen LogP contribution is -2.30. The van der Waals surface area contributed by atoms with Gasteiger partial charge in [0.25, 0.3) is 0 Å². The third-order valence-corrected chi connectivity index (χ3v) is 3.85. The third-order valence-electron chi connectivity index (χ3n) is 3.85. The molecule has 0 spiro atoms. The molecule has 0 bridgehead atoms. The molecule has 0 aliphatic heterocycles. The second-order valence-electron chi connectivity index (χ2n) is 5.39. The van der Waals surface area contributed by atoms with Crippen molar-refractivity contribution in [3.63, 3.8) is 0 Å². The zero-order valence-electron chi connectivity index (χ0n) is 12.2. The molecule has 2 aromatic rings. The van der Waals surface area contributed by atoms with Crippen LogP contribution in [0.2, 0.25) is 0 Å². The molecular weight excluding hydrogens is 264 g/mol. The smallest absolute Gasteiger partial charge is 0.136 e. The van der Waals surface area contributed by atoms with Crippen LogP contribution < -0.4 is 15.4 Å². The van der Waals surface area contributed by atoms with Crippen molar-refractivity contribution in [3.05, 3.63) is 30.5 Å². The molecule has 1 aromatic heterocycles. The van der Waals surface area contributed by atoms with Crippen LogP contribution in [0.25, 0.3) is 10.8 Å². The maximum Gasteiger partial charge on any atom is 0.136 e. The lowest BCUT2D eigenvalue weighted by molar-refractivity contribution is 0.420. The Balaban J connectivity index is 2.03. The molecule has 0 atom stereocenters. The maximum atomic E-state index is 7.45. The Bertz CT molecular complexity index is 666. The van der Waals surface area contributed by atoms with E-state index in [1.54, 1.807) is 7.11 Å². The molecule has 1 fully saturated rings. The minimum absolute atomic E-state index is 0.221. The molecule has 110 valence electrons. The lowest BCUT2D eigenvalue weighted by Gasteiger charge is -2.25. The summed E-state index contributed by atoms with van der Waals surface area (Å²) in [4.78, 5) is 6.86.